The van der Waals surface area contributed by atoms with E-state index in [-0.39, 0.29) is 0 Å². The molecular weight excluding hydrogens is 188 g/mol. The van der Waals surface area contributed by atoms with Crippen molar-refractivity contribution in [3.8, 4) is 0 Å². The van der Waals surface area contributed by atoms with Crippen LogP contribution in [0.3, 0.4) is 0 Å². The molecule has 3 nitrogen and oxygen atoms in total. The Kier molecular flexibility index (Phi) is 6.98. The van der Waals surface area contributed by atoms with Crippen LogP contribution in [0.5, 0.6) is 0 Å². The number of nitrogens with zero attached hydrogens (tertiary/aromatic N) is 1. The fraction of sp³-hybridized carbons (Fsp3) is 1.00. The number of hydrogen-bond donors (Lipinski definition) is 1. The second kappa shape index (κ2) is 8.08. The Morgan fingerprint density at radius 3 is 2.93 bits per heavy atom. The van der Waals surface area contributed by atoms with Gasteiger partial charge in [0.05, 0.1) is 6.61 Å². The Morgan fingerprint density at radius 2 is 2.27 bits per heavy atom. The Bertz CT molecular complexity index is 153. The molecule has 0 amide bonds. The Labute approximate surface area is 94.2 Å². The first-order valence-electron chi connectivity index (χ1n) is 6.33. The second-order valence-corrected chi connectivity index (χ2v) is 4.45. The van der Waals surface area contributed by atoms with Gasteiger partial charge >= 0.3 is 0 Å². The predicted octanol–water partition coefficient (Wildman–Crippen LogP) is 1.49. The number of likely N-dealkylation sites (tertiary alicyclic amines) is 1. The zero-order chi connectivity index (χ0) is 10.9. The molecule has 0 aromatic heterocycles. The standard InChI is InChI=1S/C12H26N2O/c1-3-4-9-15-10-7-13-11-12-6-5-8-14(12)2/h12-13H,3-11H2,1-2H3. The lowest BCUT2D eigenvalue weighted by Crippen LogP contribution is -2.36. The summed E-state index contributed by atoms with van der Waals surface area (Å²) in [4.78, 5) is 2.45. The lowest BCUT2D eigenvalue weighted by molar-refractivity contribution is 0.131. The third kappa shape index (κ3) is 5.50. The fourth-order valence-corrected chi connectivity index (χ4v) is 2.00. The third-order valence-electron chi connectivity index (χ3n) is 3.12. The summed E-state index contributed by atoms with van der Waals surface area (Å²) in [6.45, 7) is 7.34. The van der Waals surface area contributed by atoms with Crippen molar-refractivity contribution in [1.82, 2.24) is 10.2 Å². The highest BCUT2D eigenvalue weighted by Gasteiger charge is 2.19. The van der Waals surface area contributed by atoms with Gasteiger partial charge in [0.25, 0.3) is 0 Å². The van der Waals surface area contributed by atoms with E-state index in [1.807, 2.05) is 0 Å². The minimum atomic E-state index is 0.751. The number of rotatable bonds is 8. The van der Waals surface area contributed by atoms with Crippen LogP contribution in [-0.2, 0) is 4.74 Å². The monoisotopic (exact) mass is 214 g/mol. The summed E-state index contributed by atoms with van der Waals surface area (Å²) in [6.07, 6.45) is 5.11. The number of hydrogen-bond acceptors (Lipinski definition) is 3. The summed E-state index contributed by atoms with van der Waals surface area (Å²) >= 11 is 0. The van der Waals surface area contributed by atoms with E-state index in [0.717, 1.165) is 32.3 Å². The SMILES string of the molecule is CCCCOCCNCC1CCCN1C. The minimum Gasteiger partial charge on any atom is -0.380 e. The molecule has 3 heteroatoms. The average molecular weight is 214 g/mol. The molecule has 1 atom stereocenters. The van der Waals surface area contributed by atoms with Crippen molar-refractivity contribution >= 4 is 0 Å². The highest BCUT2D eigenvalue weighted by atomic mass is 16.5. The van der Waals surface area contributed by atoms with Crippen molar-refractivity contribution in [3.63, 3.8) is 0 Å². The molecule has 1 rings (SSSR count). The van der Waals surface area contributed by atoms with Crippen molar-refractivity contribution in [2.75, 3.05) is 39.9 Å². The molecule has 1 unspecified atom stereocenters. The molecule has 0 radical (unpaired) electrons. The van der Waals surface area contributed by atoms with E-state index in [2.05, 4.69) is 24.2 Å². The molecule has 0 saturated carbocycles. The van der Waals surface area contributed by atoms with E-state index in [9.17, 15) is 0 Å². The van der Waals surface area contributed by atoms with Crippen molar-refractivity contribution < 1.29 is 4.74 Å². The van der Waals surface area contributed by atoms with Gasteiger partial charge in [-0.25, -0.2) is 0 Å². The largest absolute Gasteiger partial charge is 0.380 e. The van der Waals surface area contributed by atoms with Crippen molar-refractivity contribution in [3.05, 3.63) is 0 Å². The molecule has 1 saturated heterocycles. The first-order chi connectivity index (χ1) is 7.34. The van der Waals surface area contributed by atoms with Gasteiger partial charge in [0, 0.05) is 25.7 Å². The molecule has 90 valence electrons. The highest BCUT2D eigenvalue weighted by molar-refractivity contribution is 4.77. The summed E-state index contributed by atoms with van der Waals surface area (Å²) in [5.74, 6) is 0. The van der Waals surface area contributed by atoms with Gasteiger partial charge in [0.2, 0.25) is 0 Å². The number of unbranched alkanes of at least 4 members (excludes halogenated alkanes) is 1. The predicted molar refractivity (Wildman–Crippen MR) is 64.2 cm³/mol. The van der Waals surface area contributed by atoms with E-state index in [0.29, 0.717) is 0 Å². The van der Waals surface area contributed by atoms with Crippen LogP contribution in [0.25, 0.3) is 0 Å². The summed E-state index contributed by atoms with van der Waals surface area (Å²) < 4.78 is 5.49. The first-order valence-corrected chi connectivity index (χ1v) is 6.33. The van der Waals surface area contributed by atoms with E-state index in [1.165, 1.54) is 32.2 Å². The summed E-state index contributed by atoms with van der Waals surface area (Å²) in [6, 6.07) is 0.751. The molecule has 0 aliphatic carbocycles. The van der Waals surface area contributed by atoms with Gasteiger partial charge < -0.3 is 15.0 Å². The van der Waals surface area contributed by atoms with Gasteiger partial charge in [-0.05, 0) is 32.9 Å². The molecule has 0 aromatic carbocycles. The van der Waals surface area contributed by atoms with Gasteiger partial charge in [0.15, 0.2) is 0 Å². The van der Waals surface area contributed by atoms with E-state index in [4.69, 9.17) is 4.74 Å². The molecule has 0 bridgehead atoms. The molecule has 1 aliphatic rings. The smallest absolute Gasteiger partial charge is 0.0590 e. The van der Waals surface area contributed by atoms with Gasteiger partial charge in [-0.1, -0.05) is 13.3 Å². The fourth-order valence-electron chi connectivity index (χ4n) is 2.00. The van der Waals surface area contributed by atoms with Crippen molar-refractivity contribution in [1.29, 1.82) is 0 Å². The lowest BCUT2D eigenvalue weighted by Gasteiger charge is -2.19. The second-order valence-electron chi connectivity index (χ2n) is 4.45. The molecule has 1 fully saturated rings. The van der Waals surface area contributed by atoms with E-state index in [1.54, 1.807) is 0 Å². The molecule has 1 aliphatic heterocycles. The quantitative estimate of drug-likeness (QED) is 0.620. The maximum Gasteiger partial charge on any atom is 0.0590 e. The summed E-state index contributed by atoms with van der Waals surface area (Å²) in [5, 5.41) is 3.47. The van der Waals surface area contributed by atoms with Gasteiger partial charge in [-0.15, -0.1) is 0 Å². The topological polar surface area (TPSA) is 24.5 Å². The molecule has 1 heterocycles. The van der Waals surface area contributed by atoms with Crippen LogP contribution >= 0.6 is 0 Å². The first kappa shape index (κ1) is 12.9. The molecule has 0 spiro atoms. The van der Waals surface area contributed by atoms with Gasteiger partial charge in [-0.2, -0.15) is 0 Å². The Morgan fingerprint density at radius 1 is 1.40 bits per heavy atom. The third-order valence-corrected chi connectivity index (χ3v) is 3.12. The summed E-state index contributed by atoms with van der Waals surface area (Å²) in [7, 11) is 2.22. The minimum absolute atomic E-state index is 0.751. The maximum atomic E-state index is 5.49. The molecular formula is C12H26N2O. The van der Waals surface area contributed by atoms with E-state index < -0.39 is 0 Å². The maximum absolute atomic E-state index is 5.49. The van der Waals surface area contributed by atoms with Crippen molar-refractivity contribution in [2.45, 2.75) is 38.6 Å². The Hall–Kier alpha value is -0.120. The van der Waals surface area contributed by atoms with Crippen LogP contribution < -0.4 is 5.32 Å². The van der Waals surface area contributed by atoms with Crippen LogP contribution in [0.15, 0.2) is 0 Å². The lowest BCUT2D eigenvalue weighted by atomic mass is 10.2. The Balaban J connectivity index is 1.84. The zero-order valence-electron chi connectivity index (χ0n) is 10.3. The molecule has 1 N–H and O–H groups in total. The van der Waals surface area contributed by atoms with Crippen molar-refractivity contribution in [2.24, 2.45) is 0 Å². The molecule has 15 heavy (non-hydrogen) atoms. The average Bonchev–Trinajstić information content (AvgIpc) is 2.63. The van der Waals surface area contributed by atoms with Gasteiger partial charge in [0.1, 0.15) is 0 Å². The number of nitrogens with one attached hydrogen (secondary N) is 1. The van der Waals surface area contributed by atoms with E-state index >= 15 is 0 Å². The number of likely N-dealkylation sites (N-methyl/N-ethyl adjacent to an activating group) is 1. The van der Waals surface area contributed by atoms with Crippen LogP contribution in [0.2, 0.25) is 0 Å². The number of ether oxygens (including phenoxy) is 1. The molecule has 0 aromatic rings. The van der Waals surface area contributed by atoms with Gasteiger partial charge in [-0.3, -0.25) is 0 Å². The van der Waals surface area contributed by atoms with Crippen LogP contribution in [-0.4, -0.2) is 50.8 Å². The summed E-state index contributed by atoms with van der Waals surface area (Å²) in [5.41, 5.74) is 0. The van der Waals surface area contributed by atoms with Crippen LogP contribution in [0.1, 0.15) is 32.6 Å². The highest BCUT2D eigenvalue weighted by Crippen LogP contribution is 2.13. The zero-order valence-corrected chi connectivity index (χ0v) is 10.3. The van der Waals surface area contributed by atoms with Crippen LogP contribution in [0, 0.1) is 0 Å². The van der Waals surface area contributed by atoms with Crippen LogP contribution in [0.4, 0.5) is 0 Å². The normalized spacial score (nSPS) is 22.4.